The van der Waals surface area contributed by atoms with Gasteiger partial charge in [0.25, 0.3) is 0 Å². The number of carbonyl (C=O) groups excluding carboxylic acids is 1. The van der Waals surface area contributed by atoms with Crippen molar-refractivity contribution in [2.45, 2.75) is 19.4 Å². The predicted molar refractivity (Wildman–Crippen MR) is 86.6 cm³/mol. The van der Waals surface area contributed by atoms with Gasteiger partial charge in [0.05, 0.1) is 0 Å². The Kier molecular flexibility index (Phi) is 6.03. The Bertz CT molecular complexity index is 455. The lowest BCUT2D eigenvalue weighted by Gasteiger charge is -2.32. The van der Waals surface area contributed by atoms with Crippen LogP contribution in [0.1, 0.15) is 24.9 Å². The number of nitrogens with zero attached hydrogens (tertiary/aromatic N) is 2. The van der Waals surface area contributed by atoms with Gasteiger partial charge in [0.1, 0.15) is 0 Å². The second-order valence-electron chi connectivity index (χ2n) is 5.66. The molecule has 0 aliphatic carbocycles. The first-order valence-corrected chi connectivity index (χ1v) is 7.89. The van der Waals surface area contributed by atoms with E-state index in [1.54, 1.807) is 0 Å². The molecule has 1 aliphatic heterocycles. The van der Waals surface area contributed by atoms with E-state index in [0.717, 1.165) is 31.2 Å². The Balaban J connectivity index is 1.71. The first kappa shape index (κ1) is 16.3. The number of rotatable bonds is 5. The van der Waals surface area contributed by atoms with Gasteiger partial charge in [-0.2, -0.15) is 0 Å². The van der Waals surface area contributed by atoms with E-state index in [9.17, 15) is 4.79 Å². The molecule has 0 bridgehead atoms. The van der Waals surface area contributed by atoms with Crippen molar-refractivity contribution >= 4 is 17.5 Å². The number of amides is 1. The quantitative estimate of drug-likeness (QED) is 0.905. The van der Waals surface area contributed by atoms with Crippen LogP contribution in [0, 0.1) is 0 Å². The van der Waals surface area contributed by atoms with Crippen molar-refractivity contribution in [2.75, 3.05) is 39.8 Å². The Morgan fingerprint density at radius 3 is 2.48 bits per heavy atom. The minimum Gasteiger partial charge on any atom is -0.340 e. The van der Waals surface area contributed by atoms with E-state index in [1.807, 2.05) is 29.2 Å². The van der Waals surface area contributed by atoms with Crippen molar-refractivity contribution in [2.24, 2.45) is 0 Å². The number of likely N-dealkylation sites (N-methyl/N-ethyl adjacent to an activating group) is 1. The van der Waals surface area contributed by atoms with Crippen LogP contribution in [-0.4, -0.2) is 55.5 Å². The molecule has 1 aromatic carbocycles. The summed E-state index contributed by atoms with van der Waals surface area (Å²) in [7, 11) is 2.09. The summed E-state index contributed by atoms with van der Waals surface area (Å²) in [5, 5.41) is 4.14. The third-order valence-corrected chi connectivity index (χ3v) is 4.27. The zero-order valence-electron chi connectivity index (χ0n) is 12.8. The molecule has 4 nitrogen and oxygen atoms in total. The Morgan fingerprint density at radius 1 is 1.24 bits per heavy atom. The lowest BCUT2D eigenvalue weighted by molar-refractivity contribution is -0.132. The molecule has 21 heavy (non-hydrogen) atoms. The van der Waals surface area contributed by atoms with Crippen molar-refractivity contribution in [3.8, 4) is 0 Å². The zero-order chi connectivity index (χ0) is 15.2. The Morgan fingerprint density at radius 2 is 1.86 bits per heavy atom. The standard InChI is InChI=1S/C16H24ClN3O/c1-13(14-3-5-15(17)6-4-14)18-8-7-16(21)20-11-9-19(2)10-12-20/h3-6,13,18H,7-12H2,1-2H3. The molecule has 1 atom stereocenters. The van der Waals surface area contributed by atoms with Crippen LogP contribution in [0.25, 0.3) is 0 Å². The maximum absolute atomic E-state index is 12.1. The van der Waals surface area contributed by atoms with E-state index in [-0.39, 0.29) is 11.9 Å². The summed E-state index contributed by atoms with van der Waals surface area (Å²) in [4.78, 5) is 16.3. The number of benzene rings is 1. The van der Waals surface area contributed by atoms with Gasteiger partial charge in [0, 0.05) is 50.2 Å². The van der Waals surface area contributed by atoms with Crippen LogP contribution in [0.2, 0.25) is 5.02 Å². The molecule has 1 heterocycles. The van der Waals surface area contributed by atoms with Crippen LogP contribution in [0.15, 0.2) is 24.3 Å². The second kappa shape index (κ2) is 7.78. The van der Waals surface area contributed by atoms with E-state index in [1.165, 1.54) is 5.56 Å². The van der Waals surface area contributed by atoms with E-state index in [2.05, 4.69) is 24.2 Å². The Hall–Kier alpha value is -1.10. The predicted octanol–water partition coefficient (Wildman–Crippen LogP) is 2.15. The highest BCUT2D eigenvalue weighted by Gasteiger charge is 2.18. The summed E-state index contributed by atoms with van der Waals surface area (Å²) in [6, 6.07) is 8.04. The number of hydrogen-bond donors (Lipinski definition) is 1. The van der Waals surface area contributed by atoms with Crippen LogP contribution >= 0.6 is 11.6 Å². The van der Waals surface area contributed by atoms with Gasteiger partial charge in [0.2, 0.25) is 5.91 Å². The summed E-state index contributed by atoms with van der Waals surface area (Å²) in [5.41, 5.74) is 1.19. The molecule has 5 heteroatoms. The molecular formula is C16H24ClN3O. The fourth-order valence-corrected chi connectivity index (χ4v) is 2.60. The largest absolute Gasteiger partial charge is 0.340 e. The molecule has 0 radical (unpaired) electrons. The molecule has 1 aromatic rings. The summed E-state index contributed by atoms with van der Waals surface area (Å²) >= 11 is 5.88. The van der Waals surface area contributed by atoms with Crippen LogP contribution in [0.4, 0.5) is 0 Å². The third kappa shape index (κ3) is 4.99. The van der Waals surface area contributed by atoms with Gasteiger partial charge < -0.3 is 15.1 Å². The van der Waals surface area contributed by atoms with Gasteiger partial charge in [0.15, 0.2) is 0 Å². The SMILES string of the molecule is CC(NCCC(=O)N1CCN(C)CC1)c1ccc(Cl)cc1. The number of piperazine rings is 1. The average molecular weight is 310 g/mol. The van der Waals surface area contributed by atoms with Gasteiger partial charge in [-0.05, 0) is 31.7 Å². The molecule has 1 fully saturated rings. The molecular weight excluding hydrogens is 286 g/mol. The average Bonchev–Trinajstić information content (AvgIpc) is 2.48. The first-order valence-electron chi connectivity index (χ1n) is 7.51. The van der Waals surface area contributed by atoms with Crippen molar-refractivity contribution in [1.29, 1.82) is 0 Å². The summed E-state index contributed by atoms with van der Waals surface area (Å²) < 4.78 is 0. The van der Waals surface area contributed by atoms with Gasteiger partial charge in [-0.15, -0.1) is 0 Å². The molecule has 1 saturated heterocycles. The van der Waals surface area contributed by atoms with Gasteiger partial charge in [-0.1, -0.05) is 23.7 Å². The normalized spacial score (nSPS) is 17.8. The monoisotopic (exact) mass is 309 g/mol. The number of hydrogen-bond acceptors (Lipinski definition) is 3. The van der Waals surface area contributed by atoms with Crippen LogP contribution in [0.5, 0.6) is 0 Å². The Labute approximate surface area is 132 Å². The maximum Gasteiger partial charge on any atom is 0.223 e. The molecule has 1 unspecified atom stereocenters. The highest BCUT2D eigenvalue weighted by atomic mass is 35.5. The van der Waals surface area contributed by atoms with Gasteiger partial charge >= 0.3 is 0 Å². The van der Waals surface area contributed by atoms with E-state index < -0.39 is 0 Å². The third-order valence-electron chi connectivity index (χ3n) is 4.02. The highest BCUT2D eigenvalue weighted by Crippen LogP contribution is 2.15. The first-order chi connectivity index (χ1) is 10.1. The molecule has 0 saturated carbocycles. The molecule has 0 spiro atoms. The van der Waals surface area contributed by atoms with E-state index in [0.29, 0.717) is 13.0 Å². The fourth-order valence-electron chi connectivity index (χ4n) is 2.48. The molecule has 2 rings (SSSR count). The number of carbonyl (C=O) groups is 1. The number of halogens is 1. The zero-order valence-corrected chi connectivity index (χ0v) is 13.6. The van der Waals surface area contributed by atoms with Crippen molar-refractivity contribution in [3.05, 3.63) is 34.9 Å². The molecule has 1 aliphatic rings. The van der Waals surface area contributed by atoms with E-state index >= 15 is 0 Å². The van der Waals surface area contributed by atoms with Crippen molar-refractivity contribution < 1.29 is 4.79 Å². The van der Waals surface area contributed by atoms with Crippen molar-refractivity contribution in [3.63, 3.8) is 0 Å². The van der Waals surface area contributed by atoms with Crippen LogP contribution in [-0.2, 0) is 4.79 Å². The fraction of sp³-hybridized carbons (Fsp3) is 0.562. The van der Waals surface area contributed by atoms with Crippen LogP contribution in [0.3, 0.4) is 0 Å². The summed E-state index contributed by atoms with van der Waals surface area (Å²) in [5.74, 6) is 0.249. The van der Waals surface area contributed by atoms with E-state index in [4.69, 9.17) is 11.6 Å². The van der Waals surface area contributed by atoms with Crippen LogP contribution < -0.4 is 5.32 Å². The lowest BCUT2D eigenvalue weighted by atomic mass is 10.1. The molecule has 1 N–H and O–H groups in total. The second-order valence-corrected chi connectivity index (χ2v) is 6.10. The summed E-state index contributed by atoms with van der Waals surface area (Å²) in [6.07, 6.45) is 0.557. The molecule has 1 amide bonds. The minimum absolute atomic E-state index is 0.225. The maximum atomic E-state index is 12.1. The van der Waals surface area contributed by atoms with Gasteiger partial charge in [-0.3, -0.25) is 4.79 Å². The summed E-state index contributed by atoms with van der Waals surface area (Å²) in [6.45, 7) is 6.45. The molecule has 0 aromatic heterocycles. The topological polar surface area (TPSA) is 35.6 Å². The highest BCUT2D eigenvalue weighted by molar-refractivity contribution is 6.30. The smallest absolute Gasteiger partial charge is 0.223 e. The molecule has 116 valence electrons. The minimum atomic E-state index is 0.225. The van der Waals surface area contributed by atoms with Gasteiger partial charge in [-0.25, -0.2) is 0 Å². The van der Waals surface area contributed by atoms with Crippen molar-refractivity contribution in [1.82, 2.24) is 15.1 Å². The lowest BCUT2D eigenvalue weighted by Crippen LogP contribution is -2.47. The number of nitrogens with one attached hydrogen (secondary N) is 1.